The van der Waals surface area contributed by atoms with Crippen LogP contribution in [0.15, 0.2) is 42.5 Å². The van der Waals surface area contributed by atoms with Gasteiger partial charge in [-0.3, -0.25) is 9.59 Å². The molecular formula is C19H20ClN3O3. The number of ether oxygens (including phenoxy) is 1. The van der Waals surface area contributed by atoms with Gasteiger partial charge in [0.25, 0.3) is 0 Å². The van der Waals surface area contributed by atoms with Gasteiger partial charge in [0.15, 0.2) is 0 Å². The first-order valence-corrected chi connectivity index (χ1v) is 8.72. The zero-order valence-corrected chi connectivity index (χ0v) is 15.2. The van der Waals surface area contributed by atoms with E-state index in [-0.39, 0.29) is 0 Å². The number of anilines is 3. The van der Waals surface area contributed by atoms with Crippen molar-refractivity contribution in [2.75, 3.05) is 41.8 Å². The van der Waals surface area contributed by atoms with Crippen LogP contribution < -0.4 is 15.5 Å². The average molecular weight is 374 g/mol. The normalized spacial score (nSPS) is 14.0. The van der Waals surface area contributed by atoms with Gasteiger partial charge >= 0.3 is 11.8 Å². The topological polar surface area (TPSA) is 70.7 Å². The van der Waals surface area contributed by atoms with E-state index in [9.17, 15) is 9.59 Å². The smallest absolute Gasteiger partial charge is 0.314 e. The fourth-order valence-corrected chi connectivity index (χ4v) is 2.92. The van der Waals surface area contributed by atoms with Gasteiger partial charge in [0.1, 0.15) is 0 Å². The fraction of sp³-hybridized carbons (Fsp3) is 0.263. The van der Waals surface area contributed by atoms with Gasteiger partial charge in [-0.2, -0.15) is 0 Å². The molecule has 0 unspecified atom stereocenters. The number of carbonyl (C=O) groups excluding carboxylic acids is 2. The largest absolute Gasteiger partial charge is 0.378 e. The number of halogens is 1. The van der Waals surface area contributed by atoms with Crippen LogP contribution in [0, 0.1) is 6.92 Å². The summed E-state index contributed by atoms with van der Waals surface area (Å²) in [5.74, 6) is -1.47. The van der Waals surface area contributed by atoms with Crippen LogP contribution in [0.4, 0.5) is 17.1 Å². The van der Waals surface area contributed by atoms with Crippen LogP contribution in [0.1, 0.15) is 5.56 Å². The summed E-state index contributed by atoms with van der Waals surface area (Å²) in [6.07, 6.45) is 0. The van der Waals surface area contributed by atoms with Crippen LogP contribution in [0.2, 0.25) is 5.02 Å². The predicted molar refractivity (Wildman–Crippen MR) is 103 cm³/mol. The van der Waals surface area contributed by atoms with Gasteiger partial charge in [0, 0.05) is 23.8 Å². The van der Waals surface area contributed by atoms with E-state index in [1.54, 1.807) is 24.3 Å². The number of para-hydroxylation sites is 2. The van der Waals surface area contributed by atoms with Crippen molar-refractivity contribution in [3.05, 3.63) is 53.1 Å². The zero-order chi connectivity index (χ0) is 18.5. The van der Waals surface area contributed by atoms with E-state index < -0.39 is 11.8 Å². The van der Waals surface area contributed by atoms with Crippen molar-refractivity contribution in [1.82, 2.24) is 0 Å². The van der Waals surface area contributed by atoms with Crippen LogP contribution in [0.3, 0.4) is 0 Å². The summed E-state index contributed by atoms with van der Waals surface area (Å²) in [6, 6.07) is 12.5. The van der Waals surface area contributed by atoms with Crippen LogP contribution in [0.5, 0.6) is 0 Å². The van der Waals surface area contributed by atoms with Gasteiger partial charge < -0.3 is 20.3 Å². The Bertz CT molecular complexity index is 819. The third kappa shape index (κ3) is 4.33. The summed E-state index contributed by atoms with van der Waals surface area (Å²) in [5.41, 5.74) is 2.80. The number of amides is 2. The van der Waals surface area contributed by atoms with Gasteiger partial charge in [-0.25, -0.2) is 0 Å². The Kier molecular flexibility index (Phi) is 5.75. The molecule has 0 aromatic heterocycles. The molecule has 7 heteroatoms. The maximum atomic E-state index is 12.3. The monoisotopic (exact) mass is 373 g/mol. The minimum absolute atomic E-state index is 0.490. The van der Waals surface area contributed by atoms with Gasteiger partial charge in [-0.05, 0) is 36.8 Å². The number of nitrogens with one attached hydrogen (secondary N) is 2. The fourth-order valence-electron chi connectivity index (χ4n) is 2.75. The number of aryl methyl sites for hydroxylation is 1. The predicted octanol–water partition coefficient (Wildman–Crippen LogP) is 3.06. The number of carbonyl (C=O) groups is 2. The Morgan fingerprint density at radius 2 is 1.65 bits per heavy atom. The van der Waals surface area contributed by atoms with E-state index >= 15 is 0 Å². The number of hydrogen-bond acceptors (Lipinski definition) is 4. The maximum absolute atomic E-state index is 12.3. The molecule has 0 bridgehead atoms. The van der Waals surface area contributed by atoms with E-state index in [0.29, 0.717) is 29.6 Å². The quantitative estimate of drug-likeness (QED) is 0.811. The summed E-state index contributed by atoms with van der Waals surface area (Å²) in [5, 5.41) is 5.79. The average Bonchev–Trinajstić information content (AvgIpc) is 2.66. The highest BCUT2D eigenvalue weighted by molar-refractivity contribution is 6.44. The van der Waals surface area contributed by atoms with Crippen molar-refractivity contribution in [3.63, 3.8) is 0 Å². The molecule has 26 heavy (non-hydrogen) atoms. The van der Waals surface area contributed by atoms with Crippen LogP contribution in [-0.4, -0.2) is 38.1 Å². The minimum atomic E-state index is -0.743. The lowest BCUT2D eigenvalue weighted by molar-refractivity contribution is -0.132. The molecule has 0 aliphatic carbocycles. The lowest BCUT2D eigenvalue weighted by atomic mass is 10.2. The Hall–Kier alpha value is -2.57. The molecule has 1 aliphatic rings. The van der Waals surface area contributed by atoms with Crippen LogP contribution in [0.25, 0.3) is 0 Å². The summed E-state index contributed by atoms with van der Waals surface area (Å²) >= 11 is 5.95. The van der Waals surface area contributed by atoms with Gasteiger partial charge in [-0.15, -0.1) is 0 Å². The van der Waals surface area contributed by atoms with Gasteiger partial charge in [0.2, 0.25) is 0 Å². The molecule has 1 saturated heterocycles. The Labute approximate surface area is 157 Å². The Morgan fingerprint density at radius 3 is 2.38 bits per heavy atom. The standard InChI is InChI=1S/C19H20ClN3O3/c1-13-6-7-14(20)12-16(13)22-19(25)18(24)21-15-4-2-3-5-17(15)23-8-10-26-11-9-23/h2-7,12H,8-11H2,1H3,(H,21,24)(H,22,25). The van der Waals surface area contributed by atoms with E-state index in [2.05, 4.69) is 15.5 Å². The number of morpholine rings is 1. The molecule has 0 radical (unpaired) electrons. The molecule has 2 aromatic carbocycles. The number of nitrogens with zero attached hydrogens (tertiary/aromatic N) is 1. The molecule has 2 N–H and O–H groups in total. The Balaban J connectivity index is 1.71. The van der Waals surface area contributed by atoms with Crippen molar-refractivity contribution in [2.45, 2.75) is 6.92 Å². The zero-order valence-electron chi connectivity index (χ0n) is 14.4. The van der Waals surface area contributed by atoms with E-state index in [0.717, 1.165) is 24.3 Å². The molecule has 1 fully saturated rings. The van der Waals surface area contributed by atoms with Crippen LogP contribution in [-0.2, 0) is 14.3 Å². The SMILES string of the molecule is Cc1ccc(Cl)cc1NC(=O)C(=O)Nc1ccccc1N1CCOCC1. The molecule has 0 saturated carbocycles. The van der Waals surface area contributed by atoms with Gasteiger partial charge in [0.05, 0.1) is 24.6 Å². The Morgan fingerprint density at radius 1 is 1.00 bits per heavy atom. The molecular weight excluding hydrogens is 354 g/mol. The lowest BCUT2D eigenvalue weighted by Gasteiger charge is -2.30. The molecule has 2 amide bonds. The van der Waals surface area contributed by atoms with Crippen molar-refractivity contribution >= 4 is 40.5 Å². The first-order chi connectivity index (χ1) is 12.5. The molecule has 1 heterocycles. The van der Waals surface area contributed by atoms with Crippen molar-refractivity contribution in [2.24, 2.45) is 0 Å². The molecule has 2 aromatic rings. The van der Waals surface area contributed by atoms with Crippen molar-refractivity contribution < 1.29 is 14.3 Å². The maximum Gasteiger partial charge on any atom is 0.314 e. The molecule has 0 spiro atoms. The molecule has 136 valence electrons. The highest BCUT2D eigenvalue weighted by Gasteiger charge is 2.19. The minimum Gasteiger partial charge on any atom is -0.378 e. The summed E-state index contributed by atoms with van der Waals surface area (Å²) in [4.78, 5) is 26.7. The third-order valence-electron chi connectivity index (χ3n) is 4.16. The summed E-state index contributed by atoms with van der Waals surface area (Å²) < 4.78 is 5.36. The lowest BCUT2D eigenvalue weighted by Crippen LogP contribution is -2.37. The highest BCUT2D eigenvalue weighted by Crippen LogP contribution is 2.26. The molecule has 1 aliphatic heterocycles. The summed E-state index contributed by atoms with van der Waals surface area (Å²) in [6.45, 7) is 4.58. The van der Waals surface area contributed by atoms with E-state index in [4.69, 9.17) is 16.3 Å². The number of rotatable bonds is 3. The molecule has 3 rings (SSSR count). The van der Waals surface area contributed by atoms with Gasteiger partial charge in [-0.1, -0.05) is 29.8 Å². The number of benzene rings is 2. The number of hydrogen-bond donors (Lipinski definition) is 2. The molecule has 0 atom stereocenters. The highest BCUT2D eigenvalue weighted by atomic mass is 35.5. The van der Waals surface area contributed by atoms with Crippen molar-refractivity contribution in [3.8, 4) is 0 Å². The first kappa shape index (κ1) is 18.2. The van der Waals surface area contributed by atoms with E-state index in [1.165, 1.54) is 0 Å². The second-order valence-corrected chi connectivity index (χ2v) is 6.42. The second kappa shape index (κ2) is 8.21. The summed E-state index contributed by atoms with van der Waals surface area (Å²) in [7, 11) is 0. The van der Waals surface area contributed by atoms with Crippen molar-refractivity contribution in [1.29, 1.82) is 0 Å². The van der Waals surface area contributed by atoms with E-state index in [1.807, 2.05) is 25.1 Å². The first-order valence-electron chi connectivity index (χ1n) is 8.35. The second-order valence-electron chi connectivity index (χ2n) is 5.98. The van der Waals surface area contributed by atoms with Crippen LogP contribution >= 0.6 is 11.6 Å². The third-order valence-corrected chi connectivity index (χ3v) is 4.39. The molecule has 6 nitrogen and oxygen atoms in total.